The maximum atomic E-state index is 5.70. The molecule has 3 atom stereocenters. The predicted molar refractivity (Wildman–Crippen MR) is 67.8 cm³/mol. The summed E-state index contributed by atoms with van der Waals surface area (Å²) in [5.74, 6) is 0.666. The Labute approximate surface area is 103 Å². The van der Waals surface area contributed by atoms with Gasteiger partial charge in [0.25, 0.3) is 0 Å². The molecule has 1 aliphatic rings. The number of aromatic nitrogens is 2. The van der Waals surface area contributed by atoms with Crippen molar-refractivity contribution in [2.75, 3.05) is 13.2 Å². The number of rotatable bonds is 5. The lowest BCUT2D eigenvalue weighted by Gasteiger charge is -2.20. The Bertz CT molecular complexity index is 350. The van der Waals surface area contributed by atoms with Crippen LogP contribution in [0, 0.1) is 5.92 Å². The highest BCUT2D eigenvalue weighted by Crippen LogP contribution is 2.23. The van der Waals surface area contributed by atoms with E-state index in [1.54, 1.807) is 0 Å². The van der Waals surface area contributed by atoms with Crippen molar-refractivity contribution in [3.05, 3.63) is 18.0 Å². The Balaban J connectivity index is 1.81. The van der Waals surface area contributed by atoms with Gasteiger partial charge in [-0.15, -0.1) is 0 Å². The summed E-state index contributed by atoms with van der Waals surface area (Å²) < 4.78 is 7.55. The molecule has 4 nitrogen and oxygen atoms in total. The number of hydrogen-bond donors (Lipinski definition) is 1. The van der Waals surface area contributed by atoms with Gasteiger partial charge in [0.05, 0.1) is 12.3 Å². The fraction of sp³-hybridized carbons (Fsp3) is 0.769. The maximum absolute atomic E-state index is 5.70. The molecule has 1 aromatic rings. The molecular formula is C13H23N3O. The predicted octanol–water partition coefficient (Wildman–Crippen LogP) is 1.89. The van der Waals surface area contributed by atoms with Gasteiger partial charge in [-0.3, -0.25) is 4.68 Å². The van der Waals surface area contributed by atoms with E-state index in [4.69, 9.17) is 4.74 Å². The Kier molecular flexibility index (Phi) is 4.18. The topological polar surface area (TPSA) is 39.1 Å². The van der Waals surface area contributed by atoms with Crippen LogP contribution in [-0.2, 0) is 11.8 Å². The Morgan fingerprint density at radius 2 is 2.47 bits per heavy atom. The van der Waals surface area contributed by atoms with Gasteiger partial charge in [-0.1, -0.05) is 6.92 Å². The summed E-state index contributed by atoms with van der Waals surface area (Å²) in [6.45, 7) is 6.35. The second-order valence-electron chi connectivity index (χ2n) is 4.94. The van der Waals surface area contributed by atoms with Gasteiger partial charge in [0, 0.05) is 38.0 Å². The molecule has 4 heteroatoms. The molecule has 1 aromatic heterocycles. The third-order valence-corrected chi connectivity index (χ3v) is 3.66. The fourth-order valence-corrected chi connectivity index (χ4v) is 2.49. The average Bonchev–Trinajstić information content (AvgIpc) is 2.94. The highest BCUT2D eigenvalue weighted by molar-refractivity contribution is 5.08. The molecule has 1 fully saturated rings. The fourth-order valence-electron chi connectivity index (χ4n) is 2.49. The lowest BCUT2D eigenvalue weighted by atomic mass is 9.99. The van der Waals surface area contributed by atoms with Crippen LogP contribution < -0.4 is 5.32 Å². The molecule has 0 spiro atoms. The van der Waals surface area contributed by atoms with Crippen LogP contribution in [0.1, 0.15) is 38.3 Å². The molecule has 3 unspecified atom stereocenters. The van der Waals surface area contributed by atoms with E-state index in [9.17, 15) is 0 Å². The first-order valence-corrected chi connectivity index (χ1v) is 6.54. The zero-order valence-electron chi connectivity index (χ0n) is 11.0. The van der Waals surface area contributed by atoms with Crippen LogP contribution in [0.2, 0.25) is 0 Å². The lowest BCUT2D eigenvalue weighted by Crippen LogP contribution is -2.30. The van der Waals surface area contributed by atoms with Crippen LogP contribution in [0.3, 0.4) is 0 Å². The van der Waals surface area contributed by atoms with Crippen molar-refractivity contribution < 1.29 is 4.74 Å². The highest BCUT2D eigenvalue weighted by atomic mass is 16.5. The zero-order chi connectivity index (χ0) is 12.3. The molecule has 0 aromatic carbocycles. The van der Waals surface area contributed by atoms with Crippen molar-refractivity contribution in [1.29, 1.82) is 0 Å². The van der Waals surface area contributed by atoms with Crippen LogP contribution in [0.25, 0.3) is 0 Å². The standard InChI is InChI=1S/C13H23N3O/c1-4-13-11(5-6-17-13)7-14-10(2)12-8-15-16(3)9-12/h8-11,13-14H,4-7H2,1-3H3. The SMILES string of the molecule is CCC1OCCC1CNC(C)c1cnn(C)c1. The molecule has 0 aliphatic carbocycles. The first kappa shape index (κ1) is 12.6. The van der Waals surface area contributed by atoms with E-state index in [2.05, 4.69) is 30.5 Å². The Morgan fingerprint density at radius 3 is 3.12 bits per heavy atom. The molecule has 17 heavy (non-hydrogen) atoms. The van der Waals surface area contributed by atoms with Crippen molar-refractivity contribution >= 4 is 0 Å². The third kappa shape index (κ3) is 3.07. The van der Waals surface area contributed by atoms with Crippen LogP contribution >= 0.6 is 0 Å². The van der Waals surface area contributed by atoms with E-state index in [1.807, 2.05) is 17.9 Å². The third-order valence-electron chi connectivity index (χ3n) is 3.66. The molecule has 0 radical (unpaired) electrons. The second kappa shape index (κ2) is 5.65. The monoisotopic (exact) mass is 237 g/mol. The molecule has 0 bridgehead atoms. The number of aryl methyl sites for hydroxylation is 1. The number of nitrogens with one attached hydrogen (secondary N) is 1. The molecule has 0 amide bonds. The lowest BCUT2D eigenvalue weighted by molar-refractivity contribution is 0.0867. The molecule has 2 heterocycles. The van der Waals surface area contributed by atoms with Crippen LogP contribution in [0.4, 0.5) is 0 Å². The average molecular weight is 237 g/mol. The number of hydrogen-bond acceptors (Lipinski definition) is 3. The van der Waals surface area contributed by atoms with Gasteiger partial charge >= 0.3 is 0 Å². The van der Waals surface area contributed by atoms with Crippen LogP contribution in [-0.4, -0.2) is 29.0 Å². The largest absolute Gasteiger partial charge is 0.378 e. The Hall–Kier alpha value is -0.870. The summed E-state index contributed by atoms with van der Waals surface area (Å²) in [6.07, 6.45) is 6.75. The Morgan fingerprint density at radius 1 is 1.65 bits per heavy atom. The van der Waals surface area contributed by atoms with Gasteiger partial charge in [0.15, 0.2) is 0 Å². The van der Waals surface area contributed by atoms with Gasteiger partial charge in [0.1, 0.15) is 0 Å². The quantitative estimate of drug-likeness (QED) is 0.850. The highest BCUT2D eigenvalue weighted by Gasteiger charge is 2.26. The first-order valence-electron chi connectivity index (χ1n) is 6.54. The van der Waals surface area contributed by atoms with Gasteiger partial charge < -0.3 is 10.1 Å². The van der Waals surface area contributed by atoms with E-state index < -0.39 is 0 Å². The van der Waals surface area contributed by atoms with Crippen molar-refractivity contribution in [3.8, 4) is 0 Å². The van der Waals surface area contributed by atoms with Crippen molar-refractivity contribution in [3.63, 3.8) is 0 Å². The van der Waals surface area contributed by atoms with Crippen molar-refractivity contribution in [2.24, 2.45) is 13.0 Å². The number of nitrogens with zero attached hydrogens (tertiary/aromatic N) is 2. The van der Waals surface area contributed by atoms with Gasteiger partial charge in [-0.2, -0.15) is 5.10 Å². The summed E-state index contributed by atoms with van der Waals surface area (Å²) in [6, 6.07) is 0.363. The normalized spacial score (nSPS) is 26.3. The first-order chi connectivity index (χ1) is 8.20. The molecule has 0 saturated carbocycles. The summed E-state index contributed by atoms with van der Waals surface area (Å²) in [4.78, 5) is 0. The molecule has 96 valence electrons. The summed E-state index contributed by atoms with van der Waals surface area (Å²) in [5, 5.41) is 7.79. The smallest absolute Gasteiger partial charge is 0.0613 e. The van der Waals surface area contributed by atoms with E-state index in [-0.39, 0.29) is 0 Å². The van der Waals surface area contributed by atoms with Gasteiger partial charge in [0.2, 0.25) is 0 Å². The van der Waals surface area contributed by atoms with Gasteiger partial charge in [-0.05, 0) is 25.7 Å². The van der Waals surface area contributed by atoms with E-state index >= 15 is 0 Å². The summed E-state index contributed by atoms with van der Waals surface area (Å²) >= 11 is 0. The number of ether oxygens (including phenoxy) is 1. The zero-order valence-corrected chi connectivity index (χ0v) is 11.0. The van der Waals surface area contributed by atoms with Crippen LogP contribution in [0.5, 0.6) is 0 Å². The molecular weight excluding hydrogens is 214 g/mol. The summed E-state index contributed by atoms with van der Waals surface area (Å²) in [5.41, 5.74) is 1.25. The minimum absolute atomic E-state index is 0.363. The minimum atomic E-state index is 0.363. The molecule has 1 N–H and O–H groups in total. The summed E-state index contributed by atoms with van der Waals surface area (Å²) in [7, 11) is 1.95. The molecule has 1 saturated heterocycles. The van der Waals surface area contributed by atoms with Crippen LogP contribution in [0.15, 0.2) is 12.4 Å². The molecule has 2 rings (SSSR count). The van der Waals surface area contributed by atoms with E-state index in [1.165, 1.54) is 12.0 Å². The van der Waals surface area contributed by atoms with Crippen molar-refractivity contribution in [2.45, 2.75) is 38.8 Å². The van der Waals surface area contributed by atoms with E-state index in [0.717, 1.165) is 19.6 Å². The minimum Gasteiger partial charge on any atom is -0.378 e. The maximum Gasteiger partial charge on any atom is 0.0613 e. The molecule has 1 aliphatic heterocycles. The van der Waals surface area contributed by atoms with Crippen molar-refractivity contribution in [1.82, 2.24) is 15.1 Å². The second-order valence-corrected chi connectivity index (χ2v) is 4.94. The van der Waals surface area contributed by atoms with Gasteiger partial charge in [-0.25, -0.2) is 0 Å². The van der Waals surface area contributed by atoms with E-state index in [0.29, 0.717) is 18.1 Å².